The van der Waals surface area contributed by atoms with Crippen LogP contribution in [0.4, 0.5) is 0 Å². The van der Waals surface area contributed by atoms with Crippen molar-refractivity contribution in [2.75, 3.05) is 20.8 Å². The number of hydrogen-bond donors (Lipinski definition) is 2. The first-order valence-electron chi connectivity index (χ1n) is 9.55. The average Bonchev–Trinajstić information content (AvgIpc) is 3.25. The van der Waals surface area contributed by atoms with E-state index in [0.717, 1.165) is 40.8 Å². The van der Waals surface area contributed by atoms with Crippen LogP contribution in [0.5, 0.6) is 11.5 Å². The number of nitrogens with one attached hydrogen (secondary N) is 2. The number of methoxy groups -OCH3 is 2. The summed E-state index contributed by atoms with van der Waals surface area (Å²) < 4.78 is 12.6. The largest absolute Gasteiger partial charge is 0.497 e. The van der Waals surface area contributed by atoms with Crippen molar-refractivity contribution >= 4 is 29.9 Å². The highest BCUT2D eigenvalue weighted by Gasteiger charge is 2.07. The number of rotatable bonds is 8. The summed E-state index contributed by atoms with van der Waals surface area (Å²) in [6, 6.07) is 15.8. The Morgan fingerprint density at radius 3 is 2.57 bits per heavy atom. The number of aromatic nitrogens is 2. The predicted octanol–water partition coefficient (Wildman–Crippen LogP) is 3.76. The standard InChI is InChI=1S/C22H27N5O2.HI/c1-4-23-22(25-15-18-10-11-20(28-2)12-21(18)29-3)24-13-17-14-26-27(16-17)19-8-6-5-7-9-19;/h5-12,14,16H,4,13,15H2,1-3H3,(H2,23,24,25);1H. The Hall–Kier alpha value is -2.75. The molecule has 1 heterocycles. The van der Waals surface area contributed by atoms with E-state index in [1.807, 2.05) is 72.5 Å². The summed E-state index contributed by atoms with van der Waals surface area (Å²) in [6.45, 7) is 3.93. The van der Waals surface area contributed by atoms with Gasteiger partial charge in [-0.1, -0.05) is 18.2 Å². The number of halogens is 1. The summed E-state index contributed by atoms with van der Waals surface area (Å²) in [7, 11) is 3.30. The van der Waals surface area contributed by atoms with Gasteiger partial charge in [0.25, 0.3) is 0 Å². The molecular weight excluding hydrogens is 493 g/mol. The Kier molecular flexibility index (Phi) is 9.46. The molecule has 0 spiro atoms. The Morgan fingerprint density at radius 1 is 1.07 bits per heavy atom. The minimum atomic E-state index is 0. The Morgan fingerprint density at radius 2 is 1.87 bits per heavy atom. The zero-order chi connectivity index (χ0) is 20.5. The molecular formula is C22H28IN5O2. The molecule has 0 atom stereocenters. The van der Waals surface area contributed by atoms with Crippen LogP contribution >= 0.6 is 24.0 Å². The van der Waals surface area contributed by atoms with Gasteiger partial charge in [-0.15, -0.1) is 24.0 Å². The van der Waals surface area contributed by atoms with E-state index in [4.69, 9.17) is 9.47 Å². The minimum Gasteiger partial charge on any atom is -0.497 e. The molecule has 0 bridgehead atoms. The summed E-state index contributed by atoms with van der Waals surface area (Å²) in [4.78, 5) is 4.67. The zero-order valence-corrected chi connectivity index (χ0v) is 19.8. The molecule has 0 aliphatic rings. The molecule has 8 heteroatoms. The summed E-state index contributed by atoms with van der Waals surface area (Å²) in [5, 5.41) is 11.0. The number of benzene rings is 2. The number of aliphatic imine (C=N–C) groups is 1. The Bertz CT molecular complexity index is 944. The van der Waals surface area contributed by atoms with Gasteiger partial charge in [0, 0.05) is 36.5 Å². The lowest BCUT2D eigenvalue weighted by Gasteiger charge is -2.14. The first-order chi connectivity index (χ1) is 14.2. The van der Waals surface area contributed by atoms with Gasteiger partial charge in [-0.25, -0.2) is 9.67 Å². The van der Waals surface area contributed by atoms with Crippen molar-refractivity contribution in [2.45, 2.75) is 20.0 Å². The molecule has 30 heavy (non-hydrogen) atoms. The van der Waals surface area contributed by atoms with Crippen LogP contribution in [-0.4, -0.2) is 36.5 Å². The average molecular weight is 521 g/mol. The van der Waals surface area contributed by atoms with E-state index in [1.54, 1.807) is 14.2 Å². The fourth-order valence-electron chi connectivity index (χ4n) is 2.85. The third-order valence-electron chi connectivity index (χ3n) is 4.36. The Balaban J connectivity index is 0.00000320. The molecule has 1 aromatic heterocycles. The highest BCUT2D eigenvalue weighted by atomic mass is 127. The van der Waals surface area contributed by atoms with Gasteiger partial charge in [-0.05, 0) is 31.2 Å². The number of hydrogen-bond acceptors (Lipinski definition) is 4. The second-order valence-corrected chi connectivity index (χ2v) is 6.36. The summed E-state index contributed by atoms with van der Waals surface area (Å²) >= 11 is 0. The maximum Gasteiger partial charge on any atom is 0.191 e. The molecule has 3 rings (SSSR count). The molecule has 0 saturated heterocycles. The Labute approximate surface area is 194 Å². The van der Waals surface area contributed by atoms with Crippen molar-refractivity contribution in [3.05, 3.63) is 72.1 Å². The van der Waals surface area contributed by atoms with E-state index in [1.165, 1.54) is 0 Å². The van der Waals surface area contributed by atoms with Crippen molar-refractivity contribution in [2.24, 2.45) is 4.99 Å². The summed E-state index contributed by atoms with van der Waals surface area (Å²) in [5.74, 6) is 2.27. The van der Waals surface area contributed by atoms with Gasteiger partial charge >= 0.3 is 0 Å². The van der Waals surface area contributed by atoms with Gasteiger partial charge in [0.2, 0.25) is 0 Å². The predicted molar refractivity (Wildman–Crippen MR) is 130 cm³/mol. The van der Waals surface area contributed by atoms with Gasteiger partial charge in [-0.2, -0.15) is 5.10 Å². The van der Waals surface area contributed by atoms with E-state index in [-0.39, 0.29) is 24.0 Å². The minimum absolute atomic E-state index is 0. The zero-order valence-electron chi connectivity index (χ0n) is 17.5. The van der Waals surface area contributed by atoms with E-state index < -0.39 is 0 Å². The van der Waals surface area contributed by atoms with Crippen LogP contribution < -0.4 is 20.1 Å². The molecule has 2 aromatic carbocycles. The van der Waals surface area contributed by atoms with Gasteiger partial charge < -0.3 is 20.1 Å². The normalized spacial score (nSPS) is 10.8. The molecule has 7 nitrogen and oxygen atoms in total. The quantitative estimate of drug-likeness (QED) is 0.269. The van der Waals surface area contributed by atoms with Gasteiger partial charge in [0.15, 0.2) is 5.96 Å². The maximum absolute atomic E-state index is 5.46. The van der Waals surface area contributed by atoms with E-state index in [0.29, 0.717) is 13.1 Å². The van der Waals surface area contributed by atoms with Crippen LogP contribution in [0.3, 0.4) is 0 Å². The van der Waals surface area contributed by atoms with Crippen molar-refractivity contribution in [1.29, 1.82) is 0 Å². The van der Waals surface area contributed by atoms with Gasteiger partial charge in [0.05, 0.1) is 32.6 Å². The van der Waals surface area contributed by atoms with Crippen LogP contribution in [0, 0.1) is 0 Å². The van der Waals surface area contributed by atoms with E-state index >= 15 is 0 Å². The van der Waals surface area contributed by atoms with Crippen LogP contribution in [0.15, 0.2) is 65.9 Å². The van der Waals surface area contributed by atoms with Crippen LogP contribution in [0.25, 0.3) is 5.69 Å². The maximum atomic E-state index is 5.46. The summed E-state index contributed by atoms with van der Waals surface area (Å²) in [5.41, 5.74) is 3.09. The number of nitrogens with zero attached hydrogens (tertiary/aromatic N) is 3. The second kappa shape index (κ2) is 12.1. The van der Waals surface area contributed by atoms with Crippen molar-refractivity contribution in [1.82, 2.24) is 20.4 Å². The lowest BCUT2D eigenvalue weighted by molar-refractivity contribution is 0.390. The number of para-hydroxylation sites is 1. The van der Waals surface area contributed by atoms with Crippen molar-refractivity contribution < 1.29 is 9.47 Å². The smallest absolute Gasteiger partial charge is 0.191 e. The fourth-order valence-corrected chi connectivity index (χ4v) is 2.85. The molecule has 160 valence electrons. The monoisotopic (exact) mass is 521 g/mol. The summed E-state index contributed by atoms with van der Waals surface area (Å²) in [6.07, 6.45) is 3.83. The number of ether oxygens (including phenoxy) is 2. The molecule has 0 saturated carbocycles. The van der Waals surface area contributed by atoms with E-state index in [2.05, 4.69) is 20.7 Å². The first-order valence-corrected chi connectivity index (χ1v) is 9.55. The number of guanidine groups is 1. The van der Waals surface area contributed by atoms with Crippen LogP contribution in [0.2, 0.25) is 0 Å². The van der Waals surface area contributed by atoms with Gasteiger partial charge in [-0.3, -0.25) is 0 Å². The van der Waals surface area contributed by atoms with Crippen LogP contribution in [-0.2, 0) is 13.1 Å². The second-order valence-electron chi connectivity index (χ2n) is 6.36. The highest BCUT2D eigenvalue weighted by Crippen LogP contribution is 2.24. The van der Waals surface area contributed by atoms with Crippen molar-refractivity contribution in [3.8, 4) is 17.2 Å². The SMILES string of the molecule is CCNC(=NCc1cnn(-c2ccccc2)c1)NCc1ccc(OC)cc1OC.I. The fraction of sp³-hybridized carbons (Fsp3) is 0.273. The molecule has 3 aromatic rings. The lowest BCUT2D eigenvalue weighted by atomic mass is 10.2. The van der Waals surface area contributed by atoms with Crippen molar-refractivity contribution in [3.63, 3.8) is 0 Å². The highest BCUT2D eigenvalue weighted by molar-refractivity contribution is 14.0. The molecule has 0 unspecified atom stereocenters. The lowest BCUT2D eigenvalue weighted by Crippen LogP contribution is -2.36. The molecule has 0 aliphatic heterocycles. The first kappa shape index (κ1) is 23.5. The third-order valence-corrected chi connectivity index (χ3v) is 4.36. The topological polar surface area (TPSA) is 72.7 Å². The molecule has 2 N–H and O–H groups in total. The van der Waals surface area contributed by atoms with E-state index in [9.17, 15) is 0 Å². The van der Waals surface area contributed by atoms with Crippen LogP contribution in [0.1, 0.15) is 18.1 Å². The molecule has 0 radical (unpaired) electrons. The molecule has 0 amide bonds. The third kappa shape index (κ3) is 6.38. The molecule has 0 aliphatic carbocycles. The molecule has 0 fully saturated rings. The van der Waals surface area contributed by atoms with Gasteiger partial charge in [0.1, 0.15) is 11.5 Å².